The molecule has 2 nitrogen and oxygen atoms in total. The average molecular weight is 352 g/mol. The predicted molar refractivity (Wildman–Crippen MR) is 86.8 cm³/mol. The van der Waals surface area contributed by atoms with E-state index in [9.17, 15) is 4.39 Å². The number of ether oxygens (including phenoxy) is 1. The molecular weight excluding hydrogens is 333 g/mol. The first kappa shape index (κ1) is 16.0. The lowest BCUT2D eigenvalue weighted by molar-refractivity contribution is 0.304. The van der Waals surface area contributed by atoms with Crippen molar-refractivity contribution in [1.29, 1.82) is 0 Å². The van der Waals surface area contributed by atoms with Gasteiger partial charge >= 0.3 is 0 Å². The third kappa shape index (κ3) is 5.48. The lowest BCUT2D eigenvalue weighted by Gasteiger charge is -2.10. The van der Waals surface area contributed by atoms with Crippen LogP contribution < -0.4 is 10.1 Å². The van der Waals surface area contributed by atoms with Gasteiger partial charge in [-0.3, -0.25) is 0 Å². The van der Waals surface area contributed by atoms with Crippen molar-refractivity contribution in [1.82, 2.24) is 5.32 Å². The lowest BCUT2D eigenvalue weighted by Crippen LogP contribution is -2.21. The molecule has 2 aromatic rings. The van der Waals surface area contributed by atoms with Crippen LogP contribution in [0.4, 0.5) is 4.39 Å². The second-order valence-corrected chi connectivity index (χ2v) is 6.17. The molecule has 0 heterocycles. The molecule has 0 aliphatic heterocycles. The summed E-state index contributed by atoms with van der Waals surface area (Å²) in [5, 5.41) is 3.38. The van der Waals surface area contributed by atoms with Crippen molar-refractivity contribution >= 4 is 15.9 Å². The van der Waals surface area contributed by atoms with Crippen LogP contribution in [0.2, 0.25) is 0 Å². The van der Waals surface area contributed by atoms with E-state index in [2.05, 4.69) is 47.2 Å². The Balaban J connectivity index is 1.98. The number of halogens is 2. The summed E-state index contributed by atoms with van der Waals surface area (Å²) in [6, 6.07) is 13.2. The van der Waals surface area contributed by atoms with Gasteiger partial charge in [0.25, 0.3) is 0 Å². The summed E-state index contributed by atoms with van der Waals surface area (Å²) < 4.78 is 19.6. The third-order valence-corrected chi connectivity index (χ3v) is 3.41. The maximum atomic E-state index is 13.3. The van der Waals surface area contributed by atoms with E-state index < -0.39 is 0 Å². The van der Waals surface area contributed by atoms with Gasteiger partial charge in [0.05, 0.1) is 0 Å². The van der Waals surface area contributed by atoms with Gasteiger partial charge in [0.15, 0.2) is 0 Å². The second-order valence-electron chi connectivity index (χ2n) is 5.25. The molecule has 21 heavy (non-hydrogen) atoms. The quantitative estimate of drug-likeness (QED) is 0.816. The fourth-order valence-corrected chi connectivity index (χ4v) is 2.37. The van der Waals surface area contributed by atoms with Gasteiger partial charge in [0, 0.05) is 23.1 Å². The zero-order valence-electron chi connectivity index (χ0n) is 12.2. The van der Waals surface area contributed by atoms with Crippen LogP contribution in [0, 0.1) is 5.82 Å². The largest absolute Gasteiger partial charge is 0.489 e. The highest BCUT2D eigenvalue weighted by atomic mass is 79.9. The molecule has 0 atom stereocenters. The van der Waals surface area contributed by atoms with E-state index in [0.29, 0.717) is 22.9 Å². The molecule has 0 unspecified atom stereocenters. The van der Waals surface area contributed by atoms with Gasteiger partial charge in [-0.05, 0) is 23.3 Å². The van der Waals surface area contributed by atoms with Crippen molar-refractivity contribution in [2.45, 2.75) is 33.0 Å². The van der Waals surface area contributed by atoms with Crippen molar-refractivity contribution in [2.24, 2.45) is 0 Å². The Labute approximate surface area is 133 Å². The summed E-state index contributed by atoms with van der Waals surface area (Å²) in [7, 11) is 0. The number of benzene rings is 2. The van der Waals surface area contributed by atoms with Crippen LogP contribution in [-0.4, -0.2) is 6.04 Å². The van der Waals surface area contributed by atoms with Gasteiger partial charge in [-0.25, -0.2) is 4.39 Å². The highest BCUT2D eigenvalue weighted by Crippen LogP contribution is 2.21. The predicted octanol–water partition coefficient (Wildman–Crippen LogP) is 4.67. The molecule has 0 spiro atoms. The number of nitrogens with one attached hydrogen (secondary N) is 1. The summed E-state index contributed by atoms with van der Waals surface area (Å²) in [6.07, 6.45) is 0. The van der Waals surface area contributed by atoms with E-state index in [4.69, 9.17) is 4.74 Å². The summed E-state index contributed by atoms with van der Waals surface area (Å²) >= 11 is 3.26. The van der Waals surface area contributed by atoms with E-state index in [1.807, 2.05) is 12.1 Å². The number of rotatable bonds is 6. The molecule has 0 radical (unpaired) electrons. The van der Waals surface area contributed by atoms with Crippen LogP contribution in [0.1, 0.15) is 25.0 Å². The first-order valence-electron chi connectivity index (χ1n) is 6.93. The number of hydrogen-bond acceptors (Lipinski definition) is 2. The standard InChI is InChI=1S/C17H19BrFNO/c1-12(2)20-10-13-4-3-5-14(6-13)11-21-17-8-15(18)7-16(19)9-17/h3-9,12,20H,10-11H2,1-2H3. The van der Waals surface area contributed by atoms with Gasteiger partial charge in [-0.15, -0.1) is 0 Å². The summed E-state index contributed by atoms with van der Waals surface area (Å²) in [5.74, 6) is 0.210. The Bertz CT molecular complexity index is 581. The highest BCUT2D eigenvalue weighted by molar-refractivity contribution is 9.10. The maximum absolute atomic E-state index is 13.3. The molecule has 0 amide bonds. The fourth-order valence-electron chi connectivity index (χ4n) is 1.93. The Hall–Kier alpha value is -1.39. The van der Waals surface area contributed by atoms with Crippen molar-refractivity contribution in [3.05, 3.63) is 63.9 Å². The minimum Gasteiger partial charge on any atom is -0.489 e. The summed E-state index contributed by atoms with van der Waals surface area (Å²) in [6.45, 7) is 5.49. The molecule has 0 bridgehead atoms. The van der Waals surface area contributed by atoms with Crippen molar-refractivity contribution in [3.63, 3.8) is 0 Å². The summed E-state index contributed by atoms with van der Waals surface area (Å²) in [4.78, 5) is 0. The Morgan fingerprint density at radius 3 is 2.62 bits per heavy atom. The van der Waals surface area contributed by atoms with Gasteiger partial charge in [-0.1, -0.05) is 54.0 Å². The van der Waals surface area contributed by atoms with E-state index >= 15 is 0 Å². The molecular formula is C17H19BrFNO. The average Bonchev–Trinajstić information content (AvgIpc) is 2.42. The molecule has 112 valence electrons. The topological polar surface area (TPSA) is 21.3 Å². The molecule has 1 N–H and O–H groups in total. The van der Waals surface area contributed by atoms with Crippen molar-refractivity contribution in [3.8, 4) is 5.75 Å². The second kappa shape index (κ2) is 7.57. The number of hydrogen-bond donors (Lipinski definition) is 1. The molecule has 0 aromatic heterocycles. The zero-order chi connectivity index (χ0) is 15.2. The SMILES string of the molecule is CC(C)NCc1cccc(COc2cc(F)cc(Br)c2)c1. The van der Waals surface area contributed by atoms with Crippen molar-refractivity contribution in [2.75, 3.05) is 0 Å². The molecule has 4 heteroatoms. The smallest absolute Gasteiger partial charge is 0.128 e. The molecule has 0 saturated heterocycles. The molecule has 0 aliphatic carbocycles. The molecule has 2 aromatic carbocycles. The van der Waals surface area contributed by atoms with E-state index in [0.717, 1.165) is 12.1 Å². The molecule has 0 aliphatic rings. The normalized spacial score (nSPS) is 10.9. The molecule has 0 saturated carbocycles. The van der Waals surface area contributed by atoms with Crippen LogP contribution in [0.25, 0.3) is 0 Å². The minimum absolute atomic E-state index is 0.311. The molecule has 2 rings (SSSR count). The van der Waals surface area contributed by atoms with Gasteiger partial charge in [0.1, 0.15) is 18.2 Å². The zero-order valence-corrected chi connectivity index (χ0v) is 13.8. The highest BCUT2D eigenvalue weighted by Gasteiger charge is 2.02. The van der Waals surface area contributed by atoms with E-state index in [1.165, 1.54) is 17.7 Å². The van der Waals surface area contributed by atoms with Crippen molar-refractivity contribution < 1.29 is 9.13 Å². The fraction of sp³-hybridized carbons (Fsp3) is 0.294. The Morgan fingerprint density at radius 2 is 1.90 bits per heavy atom. The summed E-state index contributed by atoms with van der Waals surface area (Å²) in [5.41, 5.74) is 2.28. The van der Waals surface area contributed by atoms with Crippen LogP contribution in [0.3, 0.4) is 0 Å². The van der Waals surface area contributed by atoms with Gasteiger partial charge in [-0.2, -0.15) is 0 Å². The minimum atomic E-state index is -0.311. The van der Waals surface area contributed by atoms with E-state index in [-0.39, 0.29) is 5.82 Å². The van der Waals surface area contributed by atoms with Crippen LogP contribution >= 0.6 is 15.9 Å². The Kier molecular flexibility index (Phi) is 5.76. The van der Waals surface area contributed by atoms with Crippen LogP contribution in [-0.2, 0) is 13.2 Å². The van der Waals surface area contributed by atoms with Gasteiger partial charge in [0.2, 0.25) is 0 Å². The molecule has 0 fully saturated rings. The van der Waals surface area contributed by atoms with Crippen LogP contribution in [0.5, 0.6) is 5.75 Å². The van der Waals surface area contributed by atoms with Gasteiger partial charge < -0.3 is 10.1 Å². The monoisotopic (exact) mass is 351 g/mol. The van der Waals surface area contributed by atoms with E-state index in [1.54, 1.807) is 6.07 Å². The first-order valence-corrected chi connectivity index (χ1v) is 7.72. The maximum Gasteiger partial charge on any atom is 0.128 e. The van der Waals surface area contributed by atoms with Crippen LogP contribution in [0.15, 0.2) is 46.9 Å². The first-order chi connectivity index (χ1) is 10.0. The Morgan fingerprint density at radius 1 is 1.14 bits per heavy atom. The lowest BCUT2D eigenvalue weighted by atomic mass is 10.1. The third-order valence-electron chi connectivity index (χ3n) is 2.95.